The Hall–Kier alpha value is -3.56. The van der Waals surface area contributed by atoms with Crippen LogP contribution in [0.4, 0.5) is 23.7 Å². The Labute approximate surface area is 204 Å². The first-order valence-corrected chi connectivity index (χ1v) is 10.9. The van der Waals surface area contributed by atoms with E-state index in [9.17, 15) is 18.0 Å². The number of carbonyl (C=O) groups excluding carboxylic acids is 1. The van der Waals surface area contributed by atoms with E-state index in [2.05, 4.69) is 15.2 Å². The molecule has 4 rings (SSSR count). The number of methoxy groups -OCH3 is 1. The molecule has 1 N–H and O–H groups in total. The first-order valence-electron chi connectivity index (χ1n) is 10.5. The summed E-state index contributed by atoms with van der Waals surface area (Å²) in [5.74, 6) is -0.386. The van der Waals surface area contributed by atoms with Gasteiger partial charge in [-0.25, -0.2) is 9.80 Å². The normalized spacial score (nSPS) is 17.7. The number of carbonyl (C=O) groups is 1. The van der Waals surface area contributed by atoms with Gasteiger partial charge in [0.2, 0.25) is 0 Å². The highest BCUT2D eigenvalue weighted by Crippen LogP contribution is 2.36. The summed E-state index contributed by atoms with van der Waals surface area (Å²) < 4.78 is 46.7. The van der Waals surface area contributed by atoms with E-state index in [0.29, 0.717) is 10.7 Å². The lowest BCUT2D eigenvalue weighted by Crippen LogP contribution is -2.44. The molecule has 0 radical (unpaired) electrons. The molecular weight excluding hydrogens is 483 g/mol. The molecule has 1 heterocycles. The van der Waals surface area contributed by atoms with Gasteiger partial charge in [0.15, 0.2) is 0 Å². The summed E-state index contributed by atoms with van der Waals surface area (Å²) in [4.78, 5) is 13.1. The smallest absolute Gasteiger partial charge is 0.406 e. The Morgan fingerprint density at radius 2 is 1.71 bits per heavy atom. The number of hydrazone groups is 1. The summed E-state index contributed by atoms with van der Waals surface area (Å²) in [6, 6.07) is 21.1. The van der Waals surface area contributed by atoms with Crippen LogP contribution >= 0.6 is 11.6 Å². The molecule has 182 valence electrons. The molecule has 0 fully saturated rings. The number of amides is 2. The molecular formula is C25H21ClF3N3O3. The van der Waals surface area contributed by atoms with Crippen molar-refractivity contribution < 1.29 is 27.4 Å². The van der Waals surface area contributed by atoms with E-state index < -0.39 is 17.8 Å². The van der Waals surface area contributed by atoms with E-state index in [0.717, 1.165) is 23.3 Å². The van der Waals surface area contributed by atoms with Crippen molar-refractivity contribution >= 4 is 29.0 Å². The maximum atomic E-state index is 13.1. The van der Waals surface area contributed by atoms with Crippen molar-refractivity contribution in [2.45, 2.75) is 11.8 Å². The summed E-state index contributed by atoms with van der Waals surface area (Å²) in [6.45, 7) is 0.440. The Bertz CT molecular complexity index is 1200. The average molecular weight is 504 g/mol. The van der Waals surface area contributed by atoms with Gasteiger partial charge >= 0.3 is 12.4 Å². The third kappa shape index (κ3) is 5.58. The minimum absolute atomic E-state index is 0.184. The largest absolute Gasteiger partial charge is 0.573 e. The Kier molecular flexibility index (Phi) is 7.00. The molecule has 0 saturated heterocycles. The third-order valence-corrected chi connectivity index (χ3v) is 5.75. The van der Waals surface area contributed by atoms with Crippen LogP contribution in [0.2, 0.25) is 5.02 Å². The van der Waals surface area contributed by atoms with Crippen molar-refractivity contribution in [2.75, 3.05) is 25.6 Å². The molecule has 0 spiro atoms. The van der Waals surface area contributed by atoms with E-state index in [1.54, 1.807) is 19.2 Å². The van der Waals surface area contributed by atoms with Gasteiger partial charge in [-0.2, -0.15) is 5.10 Å². The van der Waals surface area contributed by atoms with Gasteiger partial charge in [-0.15, -0.1) is 13.2 Å². The van der Waals surface area contributed by atoms with Gasteiger partial charge in [0.05, 0.1) is 24.3 Å². The number of ether oxygens (including phenoxy) is 2. The number of nitrogens with zero attached hydrogens (tertiary/aromatic N) is 2. The molecule has 35 heavy (non-hydrogen) atoms. The Morgan fingerprint density at radius 1 is 1.06 bits per heavy atom. The van der Waals surface area contributed by atoms with Gasteiger partial charge in [-0.3, -0.25) is 0 Å². The molecule has 10 heteroatoms. The topological polar surface area (TPSA) is 63.2 Å². The lowest BCUT2D eigenvalue weighted by molar-refractivity contribution is -0.274. The van der Waals surface area contributed by atoms with Gasteiger partial charge in [0, 0.05) is 17.8 Å². The summed E-state index contributed by atoms with van der Waals surface area (Å²) >= 11 is 6.07. The molecule has 1 aliphatic heterocycles. The van der Waals surface area contributed by atoms with Crippen LogP contribution in [-0.2, 0) is 10.2 Å². The maximum Gasteiger partial charge on any atom is 0.573 e. The highest BCUT2D eigenvalue weighted by molar-refractivity contribution is 6.30. The standard InChI is InChI=1S/C25H21ClF3N3O3/c1-34-16-24(18-5-3-2-4-6-18)15-32(31-22(24)17-7-9-19(26)10-8-17)23(33)30-20-11-13-21(14-12-20)35-25(27,28)29/h2-14H,15-16H2,1H3,(H,30,33). The number of urea groups is 1. The Balaban J connectivity index is 1.64. The number of nitrogens with one attached hydrogen (secondary N) is 1. The van der Waals surface area contributed by atoms with Crippen molar-refractivity contribution in [1.82, 2.24) is 5.01 Å². The lowest BCUT2D eigenvalue weighted by atomic mass is 9.75. The van der Waals surface area contributed by atoms with Gasteiger partial charge in [-0.1, -0.05) is 54.1 Å². The zero-order valence-electron chi connectivity index (χ0n) is 18.6. The SMILES string of the molecule is COCC1(c2ccccc2)CN(C(=O)Nc2ccc(OC(F)(F)F)cc2)N=C1c1ccc(Cl)cc1. The minimum atomic E-state index is -4.80. The summed E-state index contributed by atoms with van der Waals surface area (Å²) in [5.41, 5.74) is 1.85. The fourth-order valence-corrected chi connectivity index (χ4v) is 4.12. The minimum Gasteiger partial charge on any atom is -0.406 e. The van der Waals surface area contributed by atoms with Gasteiger partial charge < -0.3 is 14.8 Å². The molecule has 1 aliphatic rings. The fraction of sp³-hybridized carbons (Fsp3) is 0.200. The third-order valence-electron chi connectivity index (χ3n) is 5.50. The van der Waals surface area contributed by atoms with E-state index in [4.69, 9.17) is 16.3 Å². The predicted octanol–water partition coefficient (Wildman–Crippen LogP) is 6.07. The quantitative estimate of drug-likeness (QED) is 0.444. The molecule has 0 bridgehead atoms. The van der Waals surface area contributed by atoms with Crippen LogP contribution in [0.15, 0.2) is 84.0 Å². The molecule has 1 atom stereocenters. The van der Waals surface area contributed by atoms with E-state index in [-0.39, 0.29) is 24.6 Å². The summed E-state index contributed by atoms with van der Waals surface area (Å²) in [5, 5.41) is 9.16. The zero-order valence-corrected chi connectivity index (χ0v) is 19.3. The summed E-state index contributed by atoms with van der Waals surface area (Å²) in [7, 11) is 1.58. The molecule has 1 unspecified atom stereocenters. The number of alkyl halides is 3. The van der Waals surface area contributed by atoms with Crippen molar-refractivity contribution in [1.29, 1.82) is 0 Å². The predicted molar refractivity (Wildman–Crippen MR) is 127 cm³/mol. The molecule has 3 aromatic rings. The number of hydrogen-bond acceptors (Lipinski definition) is 4. The molecule has 6 nitrogen and oxygen atoms in total. The number of benzene rings is 3. The fourth-order valence-electron chi connectivity index (χ4n) is 4.00. The molecule has 0 saturated carbocycles. The second-order valence-corrected chi connectivity index (χ2v) is 8.33. The summed E-state index contributed by atoms with van der Waals surface area (Å²) in [6.07, 6.45) is -4.80. The van der Waals surface area contributed by atoms with Gasteiger partial charge in [-0.05, 0) is 47.5 Å². The van der Waals surface area contributed by atoms with Crippen molar-refractivity contribution in [2.24, 2.45) is 5.10 Å². The maximum absolute atomic E-state index is 13.1. The number of halogens is 4. The first-order chi connectivity index (χ1) is 16.7. The van der Waals surface area contributed by atoms with Crippen molar-refractivity contribution in [3.63, 3.8) is 0 Å². The molecule has 0 aromatic heterocycles. The van der Waals surface area contributed by atoms with Gasteiger partial charge in [0.1, 0.15) is 5.75 Å². The van der Waals surface area contributed by atoms with Crippen molar-refractivity contribution in [3.8, 4) is 5.75 Å². The second kappa shape index (κ2) is 9.97. The average Bonchev–Trinajstić information content (AvgIpc) is 3.21. The Morgan fingerprint density at radius 3 is 2.31 bits per heavy atom. The van der Waals surface area contributed by atoms with Crippen LogP contribution in [0.5, 0.6) is 5.75 Å². The van der Waals surface area contributed by atoms with E-state index >= 15 is 0 Å². The van der Waals surface area contributed by atoms with Crippen LogP contribution < -0.4 is 10.1 Å². The number of hydrogen-bond donors (Lipinski definition) is 1. The molecule has 3 aromatic carbocycles. The van der Waals surface area contributed by atoms with Crippen molar-refractivity contribution in [3.05, 3.63) is 95.0 Å². The van der Waals surface area contributed by atoms with Crippen LogP contribution in [0.1, 0.15) is 11.1 Å². The van der Waals surface area contributed by atoms with Crippen LogP contribution in [0, 0.1) is 0 Å². The van der Waals surface area contributed by atoms with Crippen LogP contribution in [0.3, 0.4) is 0 Å². The number of rotatable bonds is 6. The monoisotopic (exact) mass is 503 g/mol. The van der Waals surface area contributed by atoms with Crippen LogP contribution in [0.25, 0.3) is 0 Å². The number of anilines is 1. The first kappa shape index (κ1) is 24.6. The highest BCUT2D eigenvalue weighted by atomic mass is 35.5. The molecule has 0 aliphatic carbocycles. The second-order valence-electron chi connectivity index (χ2n) is 7.90. The van der Waals surface area contributed by atoms with E-state index in [1.807, 2.05) is 42.5 Å². The van der Waals surface area contributed by atoms with E-state index in [1.165, 1.54) is 17.1 Å². The lowest BCUT2D eigenvalue weighted by Gasteiger charge is -2.30. The zero-order chi connectivity index (χ0) is 25.1. The van der Waals surface area contributed by atoms with Crippen LogP contribution in [-0.4, -0.2) is 43.4 Å². The molecule has 2 amide bonds. The van der Waals surface area contributed by atoms with Gasteiger partial charge in [0.25, 0.3) is 0 Å². The highest BCUT2D eigenvalue weighted by Gasteiger charge is 2.46.